The minimum absolute atomic E-state index is 0.0932. The van der Waals surface area contributed by atoms with Crippen LogP contribution in [0.1, 0.15) is 24.8 Å². The van der Waals surface area contributed by atoms with Gasteiger partial charge in [-0.15, -0.1) is 0 Å². The monoisotopic (exact) mass is 302 g/mol. The van der Waals surface area contributed by atoms with Crippen LogP contribution in [0.2, 0.25) is 0 Å². The van der Waals surface area contributed by atoms with E-state index in [4.69, 9.17) is 0 Å². The molecule has 0 bridgehead atoms. The smallest absolute Gasteiger partial charge is 0.243 e. The van der Waals surface area contributed by atoms with Crippen molar-refractivity contribution < 1.29 is 17.2 Å². The van der Waals surface area contributed by atoms with Gasteiger partial charge in [-0.2, -0.15) is 4.31 Å². The van der Waals surface area contributed by atoms with Crippen molar-refractivity contribution in [3.63, 3.8) is 0 Å². The van der Waals surface area contributed by atoms with Crippen LogP contribution in [0.5, 0.6) is 0 Å². The van der Waals surface area contributed by atoms with Crippen LogP contribution < -0.4 is 0 Å². The fourth-order valence-electron chi connectivity index (χ4n) is 2.15. The molecule has 0 aromatic heterocycles. The summed E-state index contributed by atoms with van der Waals surface area (Å²) in [5.74, 6) is -0.0932. The first-order valence-electron chi connectivity index (χ1n) is 6.15. The van der Waals surface area contributed by atoms with E-state index in [0.717, 1.165) is 19.3 Å². The fraction of sp³-hybridized carbons (Fsp3) is 0.500. The first kappa shape index (κ1) is 14.6. The number of hydrogen-bond acceptors (Lipinski definition) is 4. The Morgan fingerprint density at radius 3 is 2.21 bits per heavy atom. The van der Waals surface area contributed by atoms with Crippen LogP contribution >= 0.6 is 0 Å². The van der Waals surface area contributed by atoms with Crippen molar-refractivity contribution in [1.29, 1.82) is 0 Å². The van der Waals surface area contributed by atoms with Crippen LogP contribution in [0.15, 0.2) is 29.2 Å². The van der Waals surface area contributed by atoms with Crippen LogP contribution in [0.25, 0.3) is 0 Å². The Hall–Kier alpha value is -0.760. The summed E-state index contributed by atoms with van der Waals surface area (Å²) in [6.45, 7) is 1.13. The lowest BCUT2D eigenvalue weighted by Gasteiger charge is -2.25. The lowest BCUT2D eigenvalue weighted by molar-refractivity contribution is 0.346. The van der Waals surface area contributed by atoms with Gasteiger partial charge in [0.15, 0.2) is 0 Å². The zero-order valence-corrected chi connectivity index (χ0v) is 12.1. The van der Waals surface area contributed by atoms with E-state index in [1.165, 1.54) is 16.4 Å². The quantitative estimate of drug-likeness (QED) is 0.784. The molecule has 1 fully saturated rings. The van der Waals surface area contributed by atoms with Gasteiger partial charge in [0, 0.05) is 18.8 Å². The Morgan fingerprint density at radius 1 is 1.11 bits per heavy atom. The molecule has 7 heteroatoms. The minimum Gasteiger partial charge on any atom is -0.772 e. The van der Waals surface area contributed by atoms with E-state index in [0.29, 0.717) is 18.7 Å². The van der Waals surface area contributed by atoms with Gasteiger partial charge in [-0.05, 0) is 30.5 Å². The topological polar surface area (TPSA) is 77.5 Å². The molecule has 1 atom stereocenters. The highest BCUT2D eigenvalue weighted by atomic mass is 32.2. The lowest BCUT2D eigenvalue weighted by Crippen LogP contribution is -2.35. The maximum absolute atomic E-state index is 12.3. The van der Waals surface area contributed by atoms with Crippen molar-refractivity contribution in [2.45, 2.75) is 29.9 Å². The zero-order valence-electron chi connectivity index (χ0n) is 10.4. The molecule has 1 aliphatic heterocycles. The van der Waals surface area contributed by atoms with Gasteiger partial charge in [-0.25, -0.2) is 8.42 Å². The van der Waals surface area contributed by atoms with E-state index < -0.39 is 21.1 Å². The first-order chi connectivity index (χ1) is 9.00. The molecule has 0 amide bonds. The van der Waals surface area contributed by atoms with Crippen molar-refractivity contribution in [2.24, 2.45) is 0 Å². The van der Waals surface area contributed by atoms with E-state index in [1.807, 2.05) is 0 Å². The summed E-state index contributed by atoms with van der Waals surface area (Å²) in [5, 5.41) is 0. The summed E-state index contributed by atoms with van der Waals surface area (Å²) in [4.78, 5) is 0.231. The molecular weight excluding hydrogens is 286 g/mol. The van der Waals surface area contributed by atoms with Crippen LogP contribution in [0.3, 0.4) is 0 Å². The molecule has 0 spiro atoms. The highest BCUT2D eigenvalue weighted by molar-refractivity contribution is 7.89. The van der Waals surface area contributed by atoms with Crippen LogP contribution in [0, 0.1) is 0 Å². The van der Waals surface area contributed by atoms with Gasteiger partial charge in [0.25, 0.3) is 0 Å². The molecule has 106 valence electrons. The Kier molecular flexibility index (Phi) is 4.72. The maximum atomic E-state index is 12.3. The standard InChI is InChI=1S/C12H17NO4S2/c14-18(15)10-11-4-6-12(7-5-11)19(16,17)13-8-2-1-3-9-13/h4-7H,1-3,8-10H2,(H,14,15)/p-1. The molecule has 0 saturated carbocycles. The second-order valence-corrected chi connectivity index (χ2v) is 7.39. The average molecular weight is 302 g/mol. The molecule has 5 nitrogen and oxygen atoms in total. The van der Waals surface area contributed by atoms with Gasteiger partial charge < -0.3 is 4.55 Å². The summed E-state index contributed by atoms with van der Waals surface area (Å²) in [6.07, 6.45) is 2.86. The molecule has 1 aromatic rings. The van der Waals surface area contributed by atoms with Crippen LogP contribution in [0.4, 0.5) is 0 Å². The SMILES string of the molecule is O=S([O-])Cc1ccc(S(=O)(=O)N2CCCCC2)cc1. The predicted molar refractivity (Wildman–Crippen MR) is 71.7 cm³/mol. The molecule has 2 rings (SSSR count). The largest absolute Gasteiger partial charge is 0.772 e. The van der Waals surface area contributed by atoms with Gasteiger partial charge in [-0.1, -0.05) is 29.6 Å². The Balaban J connectivity index is 2.18. The number of nitrogens with zero attached hydrogens (tertiary/aromatic N) is 1. The van der Waals surface area contributed by atoms with Crippen molar-refractivity contribution in [3.8, 4) is 0 Å². The molecule has 1 aliphatic rings. The summed E-state index contributed by atoms with van der Waals surface area (Å²) >= 11 is -2.16. The van der Waals surface area contributed by atoms with Crippen molar-refractivity contribution in [2.75, 3.05) is 13.1 Å². The minimum atomic E-state index is -3.43. The van der Waals surface area contributed by atoms with Crippen molar-refractivity contribution in [3.05, 3.63) is 29.8 Å². The summed E-state index contributed by atoms with van der Waals surface area (Å²) in [6, 6.07) is 6.05. The number of hydrogen-bond donors (Lipinski definition) is 0. The molecular formula is C12H16NO4S2-. The predicted octanol–water partition coefficient (Wildman–Crippen LogP) is 1.24. The van der Waals surface area contributed by atoms with Gasteiger partial charge in [0.1, 0.15) is 0 Å². The van der Waals surface area contributed by atoms with Gasteiger partial charge >= 0.3 is 0 Å². The molecule has 1 unspecified atom stereocenters. The summed E-state index contributed by atoms with van der Waals surface area (Å²) in [7, 11) is -3.43. The van der Waals surface area contributed by atoms with Gasteiger partial charge in [0.05, 0.1) is 4.90 Å². The molecule has 1 heterocycles. The summed E-state index contributed by atoms with van der Waals surface area (Å²) in [5.41, 5.74) is 0.589. The molecule has 0 N–H and O–H groups in total. The number of rotatable bonds is 4. The Morgan fingerprint density at radius 2 is 1.68 bits per heavy atom. The maximum Gasteiger partial charge on any atom is 0.243 e. The molecule has 0 aliphatic carbocycles. The average Bonchev–Trinajstić information content (AvgIpc) is 2.40. The second kappa shape index (κ2) is 6.13. The first-order valence-corrected chi connectivity index (χ1v) is 8.83. The normalized spacial score (nSPS) is 19.2. The van der Waals surface area contributed by atoms with E-state index in [9.17, 15) is 17.2 Å². The molecule has 0 radical (unpaired) electrons. The lowest BCUT2D eigenvalue weighted by atomic mass is 10.2. The van der Waals surface area contributed by atoms with E-state index in [1.54, 1.807) is 12.1 Å². The van der Waals surface area contributed by atoms with Gasteiger partial charge in [-0.3, -0.25) is 4.21 Å². The van der Waals surface area contributed by atoms with Crippen LogP contribution in [-0.4, -0.2) is 34.6 Å². The molecule has 1 aromatic carbocycles. The second-order valence-electron chi connectivity index (χ2n) is 4.56. The molecule has 1 saturated heterocycles. The van der Waals surface area contributed by atoms with Gasteiger partial charge in [0.2, 0.25) is 10.0 Å². The highest BCUT2D eigenvalue weighted by Crippen LogP contribution is 2.21. The third-order valence-corrected chi connectivity index (χ3v) is 5.64. The van der Waals surface area contributed by atoms with Crippen molar-refractivity contribution >= 4 is 21.1 Å². The number of benzene rings is 1. The Bertz CT molecular complexity index is 548. The van der Waals surface area contributed by atoms with E-state index in [-0.39, 0.29) is 10.6 Å². The third kappa shape index (κ3) is 3.62. The van der Waals surface area contributed by atoms with E-state index >= 15 is 0 Å². The summed E-state index contributed by atoms with van der Waals surface area (Å²) < 4.78 is 47.3. The third-order valence-electron chi connectivity index (χ3n) is 3.16. The van der Waals surface area contributed by atoms with E-state index in [2.05, 4.69) is 0 Å². The van der Waals surface area contributed by atoms with Crippen molar-refractivity contribution in [1.82, 2.24) is 4.31 Å². The molecule has 19 heavy (non-hydrogen) atoms. The number of piperidine rings is 1. The number of sulfonamides is 1. The van der Waals surface area contributed by atoms with Crippen LogP contribution in [-0.2, 0) is 26.9 Å². The zero-order chi connectivity index (χ0) is 13.9. The fourth-order valence-corrected chi connectivity index (χ4v) is 4.13. The highest BCUT2D eigenvalue weighted by Gasteiger charge is 2.25. The Labute approximate surface area is 116 Å².